The fourth-order valence-corrected chi connectivity index (χ4v) is 8.22. The minimum atomic E-state index is -0.464. The van der Waals surface area contributed by atoms with Crippen LogP contribution in [0.3, 0.4) is 0 Å². The van der Waals surface area contributed by atoms with Gasteiger partial charge in [-0.2, -0.15) is 5.10 Å². The molecule has 0 saturated heterocycles. The van der Waals surface area contributed by atoms with Crippen molar-refractivity contribution in [1.29, 1.82) is 0 Å². The first-order valence-corrected chi connectivity index (χ1v) is 18.0. The first kappa shape index (κ1) is 33.9. The predicted octanol–water partition coefficient (Wildman–Crippen LogP) is 8.94. The number of hydrogen-bond acceptors (Lipinski definition) is 6. The van der Waals surface area contributed by atoms with Gasteiger partial charge in [-0.1, -0.05) is 17.7 Å². The van der Waals surface area contributed by atoms with Gasteiger partial charge in [0.1, 0.15) is 23.1 Å². The van der Waals surface area contributed by atoms with Crippen molar-refractivity contribution >= 4 is 35.1 Å². The van der Waals surface area contributed by atoms with Gasteiger partial charge in [-0.15, -0.1) is 11.3 Å². The van der Waals surface area contributed by atoms with Crippen LogP contribution in [0.4, 0.5) is 5.69 Å². The third-order valence-electron chi connectivity index (χ3n) is 9.36. The molecule has 0 bridgehead atoms. The van der Waals surface area contributed by atoms with Crippen LogP contribution in [0.15, 0.2) is 88.4 Å². The molecule has 1 aliphatic rings. The molecule has 10 heteroatoms. The number of carbonyl (C=O) groups excluding carboxylic acids is 2. The summed E-state index contributed by atoms with van der Waals surface area (Å²) in [6, 6.07) is 25.3. The Morgan fingerprint density at radius 3 is 2.31 bits per heavy atom. The molecule has 9 nitrogen and oxygen atoms in total. The smallest absolute Gasteiger partial charge is 0.307 e. The number of furan rings is 1. The Hall–Kier alpha value is -5.61. The van der Waals surface area contributed by atoms with Gasteiger partial charge in [0, 0.05) is 44.6 Å². The highest BCUT2D eigenvalue weighted by molar-refractivity contribution is 7.15. The Balaban J connectivity index is 1.01. The first-order chi connectivity index (χ1) is 24.7. The zero-order valence-electron chi connectivity index (χ0n) is 29.5. The van der Waals surface area contributed by atoms with Crippen LogP contribution in [0.1, 0.15) is 83.9 Å². The second-order valence-corrected chi connectivity index (χ2v) is 14.2. The fourth-order valence-electron chi connectivity index (χ4n) is 6.72. The lowest BCUT2D eigenvalue weighted by molar-refractivity contribution is 0.0922. The van der Waals surface area contributed by atoms with E-state index in [9.17, 15) is 9.59 Å². The number of thiophene rings is 1. The van der Waals surface area contributed by atoms with E-state index in [4.69, 9.17) is 9.15 Å². The van der Waals surface area contributed by atoms with Crippen molar-refractivity contribution in [2.24, 2.45) is 5.10 Å². The van der Waals surface area contributed by atoms with Crippen LogP contribution in [-0.2, 0) is 19.4 Å². The zero-order chi connectivity index (χ0) is 35.6. The van der Waals surface area contributed by atoms with E-state index in [-0.39, 0.29) is 18.3 Å². The van der Waals surface area contributed by atoms with Crippen molar-refractivity contribution in [3.05, 3.63) is 140 Å². The molecule has 2 N–H and O–H groups in total. The number of rotatable bonds is 10. The monoisotopic (exact) mass is 699 g/mol. The molecule has 2 aromatic carbocycles. The van der Waals surface area contributed by atoms with Gasteiger partial charge in [-0.05, 0) is 133 Å². The van der Waals surface area contributed by atoms with Crippen molar-refractivity contribution in [1.82, 2.24) is 14.6 Å². The molecule has 0 spiro atoms. The number of ether oxygens (including phenoxy) is 1. The number of fused-ring (bicyclic) bond motifs is 1. The van der Waals surface area contributed by atoms with Crippen LogP contribution in [0, 0.1) is 34.6 Å². The van der Waals surface area contributed by atoms with Crippen molar-refractivity contribution in [3.8, 4) is 16.4 Å². The third kappa shape index (κ3) is 7.05. The van der Waals surface area contributed by atoms with E-state index in [2.05, 4.69) is 51.0 Å². The summed E-state index contributed by atoms with van der Waals surface area (Å²) in [5.74, 6) is 0.803. The van der Waals surface area contributed by atoms with Crippen molar-refractivity contribution < 1.29 is 18.7 Å². The highest BCUT2D eigenvalue weighted by Gasteiger charge is 2.28. The number of nitrogens with one attached hydrogen (secondary N) is 2. The van der Waals surface area contributed by atoms with Crippen molar-refractivity contribution in [3.63, 3.8) is 0 Å². The largest absolute Gasteiger partial charge is 0.486 e. The topological polar surface area (TPSA) is 103 Å². The lowest BCUT2D eigenvalue weighted by Gasteiger charge is -2.14. The summed E-state index contributed by atoms with van der Waals surface area (Å²) in [5.41, 5.74) is 12.5. The summed E-state index contributed by atoms with van der Waals surface area (Å²) in [7, 11) is 0. The molecule has 0 saturated carbocycles. The number of carbonyl (C=O) groups is 2. The lowest BCUT2D eigenvalue weighted by atomic mass is 9.95. The lowest BCUT2D eigenvalue weighted by Crippen LogP contribution is -2.17. The van der Waals surface area contributed by atoms with Gasteiger partial charge < -0.3 is 23.6 Å². The average Bonchev–Trinajstić information content (AvgIpc) is 3.89. The summed E-state index contributed by atoms with van der Waals surface area (Å²) in [5, 5.41) is 8.30. The van der Waals surface area contributed by atoms with Gasteiger partial charge in [0.2, 0.25) is 0 Å². The van der Waals surface area contributed by atoms with E-state index in [0.717, 1.165) is 75.7 Å². The van der Waals surface area contributed by atoms with Crippen molar-refractivity contribution in [2.75, 3.05) is 5.32 Å². The maximum Gasteiger partial charge on any atom is 0.307 e. The molecular formula is C41H41N5O4S. The molecule has 4 aromatic heterocycles. The minimum absolute atomic E-state index is 0.0951. The molecule has 4 heterocycles. The minimum Gasteiger partial charge on any atom is -0.486 e. The van der Waals surface area contributed by atoms with Crippen LogP contribution in [0.5, 0.6) is 5.75 Å². The molecule has 51 heavy (non-hydrogen) atoms. The van der Waals surface area contributed by atoms with Crippen LogP contribution in [0.2, 0.25) is 0 Å². The molecule has 2 amide bonds. The van der Waals surface area contributed by atoms with E-state index < -0.39 is 5.91 Å². The third-order valence-corrected chi connectivity index (χ3v) is 10.6. The molecule has 0 unspecified atom stereocenters. The Morgan fingerprint density at radius 2 is 1.57 bits per heavy atom. The summed E-state index contributed by atoms with van der Waals surface area (Å²) >= 11 is 1.69. The normalized spacial score (nSPS) is 12.6. The van der Waals surface area contributed by atoms with Gasteiger partial charge in [0.05, 0.1) is 11.8 Å². The number of anilines is 1. The molecular weight excluding hydrogens is 659 g/mol. The van der Waals surface area contributed by atoms with E-state index in [1.165, 1.54) is 16.3 Å². The number of nitrogens with zero attached hydrogens (tertiary/aromatic N) is 3. The van der Waals surface area contributed by atoms with Gasteiger partial charge in [-0.3, -0.25) is 9.59 Å². The predicted molar refractivity (Wildman–Crippen MR) is 202 cm³/mol. The van der Waals surface area contributed by atoms with Gasteiger partial charge in [0.15, 0.2) is 5.76 Å². The van der Waals surface area contributed by atoms with Crippen LogP contribution in [0.25, 0.3) is 10.7 Å². The van der Waals surface area contributed by atoms with Crippen LogP contribution >= 0.6 is 11.3 Å². The summed E-state index contributed by atoms with van der Waals surface area (Å²) in [6.07, 6.45) is 5.70. The van der Waals surface area contributed by atoms with Gasteiger partial charge >= 0.3 is 5.91 Å². The first-order valence-electron chi connectivity index (χ1n) is 17.2. The summed E-state index contributed by atoms with van der Waals surface area (Å²) in [6.45, 7) is 10.4. The SMILES string of the molecule is Cc1ccc(NC(=O)c2c(-n3c(C)cc(/C=N/NC(=O)c4ccc(COc5ccc(-n6c(C)ccc6C)cc5)o4)c3C)sc3c2CCCC3)cc1. The second kappa shape index (κ2) is 14.3. The van der Waals surface area contributed by atoms with Crippen LogP contribution < -0.4 is 15.5 Å². The zero-order valence-corrected chi connectivity index (χ0v) is 30.3. The number of benzene rings is 2. The van der Waals surface area contributed by atoms with E-state index in [0.29, 0.717) is 11.5 Å². The second-order valence-electron chi connectivity index (χ2n) is 13.1. The Morgan fingerprint density at radius 1 is 0.843 bits per heavy atom. The van der Waals surface area contributed by atoms with Gasteiger partial charge in [-0.25, -0.2) is 5.43 Å². The molecule has 1 aliphatic carbocycles. The fraction of sp³-hybridized carbons (Fsp3) is 0.244. The standard InChI is InChI=1S/C41H41N5O4S/c1-25-10-14-31(15-11-25)43-40(48)38-35-8-6-7-9-37(35)51-41(38)46-28(4)22-30(29(46)5)23-42-44-39(47)36-21-20-34(50-36)24-49-33-18-16-32(17-19-33)45-26(2)12-13-27(45)3/h10-23H,6-9,24H2,1-5H3,(H,43,48)(H,44,47)/b42-23+. The molecule has 260 valence electrons. The summed E-state index contributed by atoms with van der Waals surface area (Å²) < 4.78 is 16.0. The highest BCUT2D eigenvalue weighted by Crippen LogP contribution is 2.39. The Labute approximate surface area is 301 Å². The molecule has 0 radical (unpaired) electrons. The number of aromatic nitrogens is 2. The highest BCUT2D eigenvalue weighted by atomic mass is 32.1. The van der Waals surface area contributed by atoms with Gasteiger partial charge in [0.25, 0.3) is 5.91 Å². The molecule has 0 atom stereocenters. The molecule has 0 aliphatic heterocycles. The van der Waals surface area contributed by atoms with E-state index in [1.807, 2.05) is 75.4 Å². The number of hydrogen-bond donors (Lipinski definition) is 2. The van der Waals surface area contributed by atoms with E-state index >= 15 is 0 Å². The van der Waals surface area contributed by atoms with Crippen molar-refractivity contribution in [2.45, 2.75) is 66.9 Å². The maximum absolute atomic E-state index is 13.8. The quantitative estimate of drug-likeness (QED) is 0.110. The number of hydrazone groups is 1. The van der Waals surface area contributed by atoms with E-state index in [1.54, 1.807) is 29.7 Å². The Kier molecular flexibility index (Phi) is 9.51. The maximum atomic E-state index is 13.8. The number of aryl methyl sites for hydroxylation is 5. The summed E-state index contributed by atoms with van der Waals surface area (Å²) in [4.78, 5) is 28.0. The average molecular weight is 700 g/mol. The molecule has 7 rings (SSSR count). The number of amides is 2. The molecule has 0 fully saturated rings. The van der Waals surface area contributed by atoms with Crippen LogP contribution in [-0.4, -0.2) is 27.2 Å². The Bertz CT molecular complexity index is 2230. The molecule has 6 aromatic rings.